The molecule has 0 radical (unpaired) electrons. The Bertz CT molecular complexity index is 1340. The number of rotatable bonds is 6. The Kier molecular flexibility index (Phi) is 5.64. The third-order valence-corrected chi connectivity index (χ3v) is 5.45. The SMILES string of the molecule is CCN1C(=C/C=C2\C(=O)ON=C2c2ccc(C(=O)O)cc2)Oc2ccc(NS(C)(=O)=O)cc21. The molecule has 33 heavy (non-hydrogen) atoms. The van der Waals surface area contributed by atoms with Gasteiger partial charge in [-0.1, -0.05) is 17.3 Å². The highest BCUT2D eigenvalue weighted by atomic mass is 32.2. The average molecular weight is 469 g/mol. The molecule has 0 saturated heterocycles. The molecule has 2 aliphatic rings. The highest BCUT2D eigenvalue weighted by Crippen LogP contribution is 2.40. The Hall–Kier alpha value is -4.12. The summed E-state index contributed by atoms with van der Waals surface area (Å²) in [6.07, 6.45) is 4.18. The predicted molar refractivity (Wildman–Crippen MR) is 121 cm³/mol. The molecule has 0 spiro atoms. The zero-order valence-electron chi connectivity index (χ0n) is 17.6. The minimum Gasteiger partial charge on any atom is -0.478 e. The first-order chi connectivity index (χ1) is 15.7. The first kappa shape index (κ1) is 22.1. The van der Waals surface area contributed by atoms with Crippen LogP contribution in [0.4, 0.5) is 11.4 Å². The standard InChI is InChI=1S/C22H19N3O7S/c1-3-25-17-12-15(24-33(2,29)30)8-10-18(17)31-19(25)11-9-16-20(23-32-22(16)28)13-4-6-14(7-5-13)21(26)27/h4-12,24H,3H2,1-2H3,(H,26,27)/b16-9-,19-11?. The van der Waals surface area contributed by atoms with E-state index in [9.17, 15) is 18.0 Å². The Morgan fingerprint density at radius 3 is 2.55 bits per heavy atom. The molecule has 0 amide bonds. The van der Waals surface area contributed by atoms with E-state index in [1.165, 1.54) is 18.2 Å². The maximum Gasteiger partial charge on any atom is 0.368 e. The lowest BCUT2D eigenvalue weighted by Crippen LogP contribution is -2.19. The number of carboxylic acid groups (broad SMARTS) is 1. The maximum absolute atomic E-state index is 12.2. The fraction of sp³-hybridized carbons (Fsp3) is 0.136. The van der Waals surface area contributed by atoms with Crippen molar-refractivity contribution in [1.82, 2.24) is 0 Å². The van der Waals surface area contributed by atoms with Gasteiger partial charge in [0.25, 0.3) is 0 Å². The van der Waals surface area contributed by atoms with Crippen molar-refractivity contribution in [3.8, 4) is 5.75 Å². The number of benzene rings is 2. The number of nitrogens with zero attached hydrogens (tertiary/aromatic N) is 2. The quantitative estimate of drug-likeness (QED) is 0.487. The fourth-order valence-electron chi connectivity index (χ4n) is 3.39. The van der Waals surface area contributed by atoms with Gasteiger partial charge in [-0.05, 0) is 49.4 Å². The largest absolute Gasteiger partial charge is 0.478 e. The highest BCUT2D eigenvalue weighted by Gasteiger charge is 2.28. The van der Waals surface area contributed by atoms with Gasteiger partial charge in [-0.25, -0.2) is 18.0 Å². The summed E-state index contributed by atoms with van der Waals surface area (Å²) >= 11 is 0. The molecule has 2 aromatic rings. The lowest BCUT2D eigenvalue weighted by atomic mass is 10.0. The van der Waals surface area contributed by atoms with Gasteiger partial charge in [0.1, 0.15) is 5.71 Å². The van der Waals surface area contributed by atoms with Crippen LogP contribution in [0.2, 0.25) is 0 Å². The summed E-state index contributed by atoms with van der Waals surface area (Å²) in [5.74, 6) is -0.748. The van der Waals surface area contributed by atoms with Crippen LogP contribution in [0.3, 0.4) is 0 Å². The third kappa shape index (κ3) is 4.58. The second-order valence-corrected chi connectivity index (χ2v) is 8.94. The number of carbonyl (C=O) groups excluding carboxylic acids is 1. The zero-order valence-corrected chi connectivity index (χ0v) is 18.4. The summed E-state index contributed by atoms with van der Waals surface area (Å²) in [7, 11) is -3.43. The molecular weight excluding hydrogens is 450 g/mol. The van der Waals surface area contributed by atoms with E-state index in [1.54, 1.807) is 36.4 Å². The van der Waals surface area contributed by atoms with Crippen molar-refractivity contribution in [2.45, 2.75) is 6.92 Å². The molecule has 4 rings (SSSR count). The number of aromatic carboxylic acids is 1. The molecular formula is C22H19N3O7S. The molecule has 0 atom stereocenters. The average Bonchev–Trinajstić information content (AvgIpc) is 3.30. The summed E-state index contributed by atoms with van der Waals surface area (Å²) in [6, 6.07) is 10.8. The molecule has 2 N–H and O–H groups in total. The van der Waals surface area contributed by atoms with E-state index in [0.29, 0.717) is 35.1 Å². The van der Waals surface area contributed by atoms with E-state index < -0.39 is 22.0 Å². The second-order valence-electron chi connectivity index (χ2n) is 7.19. The molecule has 11 heteroatoms. The van der Waals surface area contributed by atoms with Crippen molar-refractivity contribution in [2.75, 3.05) is 22.4 Å². The fourth-order valence-corrected chi connectivity index (χ4v) is 3.95. The second kappa shape index (κ2) is 8.43. The van der Waals surface area contributed by atoms with Gasteiger partial charge in [0.15, 0.2) is 5.75 Å². The van der Waals surface area contributed by atoms with Crippen LogP contribution in [0.5, 0.6) is 5.75 Å². The van der Waals surface area contributed by atoms with E-state index in [1.807, 2.05) is 11.8 Å². The summed E-state index contributed by atoms with van der Waals surface area (Å²) < 4.78 is 31.4. The molecule has 0 aliphatic carbocycles. The zero-order chi connectivity index (χ0) is 23.8. The topological polar surface area (TPSA) is 135 Å². The number of ether oxygens (including phenoxy) is 1. The van der Waals surface area contributed by atoms with Crippen LogP contribution in [0.15, 0.2) is 71.2 Å². The molecule has 170 valence electrons. The molecule has 0 saturated carbocycles. The van der Waals surface area contributed by atoms with Crippen molar-refractivity contribution in [3.05, 3.63) is 77.2 Å². The summed E-state index contributed by atoms with van der Waals surface area (Å²) in [5.41, 5.74) is 2.15. The van der Waals surface area contributed by atoms with Crippen molar-refractivity contribution in [1.29, 1.82) is 0 Å². The van der Waals surface area contributed by atoms with Gasteiger partial charge in [0.2, 0.25) is 15.9 Å². The number of fused-ring (bicyclic) bond motifs is 1. The Balaban J connectivity index is 1.63. The minimum atomic E-state index is -3.43. The number of hydrogen-bond donors (Lipinski definition) is 2. The van der Waals surface area contributed by atoms with Crippen LogP contribution < -0.4 is 14.4 Å². The van der Waals surface area contributed by atoms with Gasteiger partial charge in [0.05, 0.1) is 28.8 Å². The number of carboxylic acids is 1. The number of hydrogen-bond acceptors (Lipinski definition) is 8. The van der Waals surface area contributed by atoms with Gasteiger partial charge in [-0.2, -0.15) is 0 Å². The van der Waals surface area contributed by atoms with Gasteiger partial charge < -0.3 is 19.6 Å². The van der Waals surface area contributed by atoms with Gasteiger partial charge in [-0.3, -0.25) is 4.72 Å². The number of allylic oxidation sites excluding steroid dienone is 2. The molecule has 0 aromatic heterocycles. The monoisotopic (exact) mass is 469 g/mol. The molecule has 10 nitrogen and oxygen atoms in total. The number of carbonyl (C=O) groups is 2. The molecule has 2 heterocycles. The van der Waals surface area contributed by atoms with Crippen molar-refractivity contribution in [2.24, 2.45) is 5.16 Å². The third-order valence-electron chi connectivity index (χ3n) is 4.84. The van der Waals surface area contributed by atoms with Crippen LogP contribution in [-0.4, -0.2) is 44.0 Å². The number of sulfonamides is 1. The highest BCUT2D eigenvalue weighted by molar-refractivity contribution is 7.92. The van der Waals surface area contributed by atoms with E-state index in [-0.39, 0.29) is 16.8 Å². The van der Waals surface area contributed by atoms with E-state index in [4.69, 9.17) is 14.7 Å². The molecule has 2 aliphatic heterocycles. The molecule has 2 aromatic carbocycles. The number of anilines is 2. The molecule has 0 bridgehead atoms. The van der Waals surface area contributed by atoms with Crippen molar-refractivity contribution >= 4 is 39.0 Å². The predicted octanol–water partition coefficient (Wildman–Crippen LogP) is 2.70. The Morgan fingerprint density at radius 1 is 1.18 bits per heavy atom. The van der Waals surface area contributed by atoms with Crippen LogP contribution >= 0.6 is 0 Å². The van der Waals surface area contributed by atoms with Crippen LogP contribution in [0.25, 0.3) is 0 Å². The van der Waals surface area contributed by atoms with E-state index in [0.717, 1.165) is 6.26 Å². The summed E-state index contributed by atoms with van der Waals surface area (Å²) in [4.78, 5) is 29.9. The normalized spacial score (nSPS) is 17.6. The number of oxime groups is 1. The van der Waals surface area contributed by atoms with Crippen LogP contribution in [0, 0.1) is 0 Å². The van der Waals surface area contributed by atoms with Crippen molar-refractivity contribution in [3.63, 3.8) is 0 Å². The summed E-state index contributed by atoms with van der Waals surface area (Å²) in [6.45, 7) is 2.42. The first-order valence-corrected chi connectivity index (χ1v) is 11.7. The van der Waals surface area contributed by atoms with E-state index in [2.05, 4.69) is 9.88 Å². The lowest BCUT2D eigenvalue weighted by Gasteiger charge is -2.16. The van der Waals surface area contributed by atoms with Gasteiger partial charge >= 0.3 is 11.9 Å². The van der Waals surface area contributed by atoms with Crippen LogP contribution in [0.1, 0.15) is 22.8 Å². The van der Waals surface area contributed by atoms with Gasteiger partial charge in [-0.15, -0.1) is 0 Å². The first-order valence-electron chi connectivity index (χ1n) is 9.79. The lowest BCUT2D eigenvalue weighted by molar-refractivity contribution is -0.136. The van der Waals surface area contributed by atoms with Crippen LogP contribution in [-0.2, 0) is 19.7 Å². The minimum absolute atomic E-state index is 0.109. The number of nitrogens with one attached hydrogen (secondary N) is 1. The molecule has 0 unspecified atom stereocenters. The van der Waals surface area contributed by atoms with E-state index >= 15 is 0 Å². The Labute approximate surface area is 189 Å². The van der Waals surface area contributed by atoms with Gasteiger partial charge in [0, 0.05) is 12.1 Å². The molecule has 0 fully saturated rings. The maximum atomic E-state index is 12.2. The summed E-state index contributed by atoms with van der Waals surface area (Å²) in [5, 5.41) is 12.9. The Morgan fingerprint density at radius 2 is 1.91 bits per heavy atom. The van der Waals surface area contributed by atoms with Crippen molar-refractivity contribution < 1.29 is 32.7 Å². The smallest absolute Gasteiger partial charge is 0.368 e.